The van der Waals surface area contributed by atoms with E-state index in [1.54, 1.807) is 0 Å². The molecule has 0 radical (unpaired) electrons. The standard InChI is InChI=1S/C25H32N2/c1-20-11-13-22(14-12-20)25(26-4,23-9-6-7-18-27(5)19-23)21-10-8-16-24(2,3)17-15-21/h6,8-17,19,26H,7,18H2,1-5H3. The van der Waals surface area contributed by atoms with Gasteiger partial charge in [0, 0.05) is 25.2 Å². The normalized spacial score (nSPS) is 21.1. The maximum absolute atomic E-state index is 3.69. The van der Waals surface area contributed by atoms with Gasteiger partial charge in [-0.1, -0.05) is 86.2 Å². The molecule has 1 aromatic carbocycles. The zero-order chi connectivity index (χ0) is 19.5. The molecule has 27 heavy (non-hydrogen) atoms. The average molecular weight is 361 g/mol. The van der Waals surface area contributed by atoms with E-state index < -0.39 is 5.54 Å². The van der Waals surface area contributed by atoms with Gasteiger partial charge in [-0.15, -0.1) is 0 Å². The molecule has 0 saturated carbocycles. The molecule has 1 N–H and O–H groups in total. The Kier molecular flexibility index (Phi) is 5.57. The zero-order valence-corrected chi connectivity index (χ0v) is 17.3. The summed E-state index contributed by atoms with van der Waals surface area (Å²) in [5.41, 5.74) is 4.70. The number of nitrogens with zero attached hydrogens (tertiary/aromatic N) is 1. The molecule has 1 atom stereocenters. The van der Waals surface area contributed by atoms with Crippen molar-refractivity contribution in [1.29, 1.82) is 0 Å². The van der Waals surface area contributed by atoms with Crippen molar-refractivity contribution in [2.45, 2.75) is 32.7 Å². The van der Waals surface area contributed by atoms with E-state index in [1.165, 1.54) is 22.3 Å². The number of allylic oxidation sites excluding steroid dienone is 4. The smallest absolute Gasteiger partial charge is 0.0959 e. The van der Waals surface area contributed by atoms with Crippen LogP contribution in [0.15, 0.2) is 84.1 Å². The lowest BCUT2D eigenvalue weighted by atomic mass is 9.75. The van der Waals surface area contributed by atoms with Crippen molar-refractivity contribution < 1.29 is 0 Å². The van der Waals surface area contributed by atoms with E-state index in [1.807, 2.05) is 0 Å². The molecule has 0 aromatic heterocycles. The predicted octanol–water partition coefficient (Wildman–Crippen LogP) is 5.26. The van der Waals surface area contributed by atoms with Crippen molar-refractivity contribution in [2.75, 3.05) is 20.6 Å². The van der Waals surface area contributed by atoms with Crippen LogP contribution in [0.3, 0.4) is 0 Å². The van der Waals surface area contributed by atoms with Crippen molar-refractivity contribution in [1.82, 2.24) is 10.2 Å². The van der Waals surface area contributed by atoms with Gasteiger partial charge in [-0.25, -0.2) is 0 Å². The minimum Gasteiger partial charge on any atom is -0.380 e. The fraction of sp³-hybridized carbons (Fsp3) is 0.360. The van der Waals surface area contributed by atoms with Crippen molar-refractivity contribution in [3.05, 3.63) is 95.3 Å². The van der Waals surface area contributed by atoms with Crippen molar-refractivity contribution in [3.63, 3.8) is 0 Å². The third-order valence-electron chi connectivity index (χ3n) is 5.52. The largest absolute Gasteiger partial charge is 0.380 e. The molecule has 1 unspecified atom stereocenters. The lowest BCUT2D eigenvalue weighted by Gasteiger charge is -2.38. The molecule has 1 aliphatic carbocycles. The number of hydrogen-bond donors (Lipinski definition) is 1. The second-order valence-electron chi connectivity index (χ2n) is 8.26. The summed E-state index contributed by atoms with van der Waals surface area (Å²) in [6, 6.07) is 8.90. The Labute approximate surface area is 164 Å². The summed E-state index contributed by atoms with van der Waals surface area (Å²) in [6.07, 6.45) is 19.2. The molecule has 0 bridgehead atoms. The van der Waals surface area contributed by atoms with Gasteiger partial charge in [-0.3, -0.25) is 0 Å². The van der Waals surface area contributed by atoms with Crippen LogP contribution in [0.2, 0.25) is 0 Å². The van der Waals surface area contributed by atoms with E-state index in [4.69, 9.17) is 0 Å². The summed E-state index contributed by atoms with van der Waals surface area (Å²) < 4.78 is 0. The van der Waals surface area contributed by atoms with Crippen molar-refractivity contribution in [3.8, 4) is 0 Å². The number of rotatable bonds is 4. The molecule has 1 aromatic rings. The van der Waals surface area contributed by atoms with E-state index in [-0.39, 0.29) is 5.41 Å². The van der Waals surface area contributed by atoms with E-state index in [9.17, 15) is 0 Å². The third kappa shape index (κ3) is 4.01. The Morgan fingerprint density at radius 1 is 1.04 bits per heavy atom. The van der Waals surface area contributed by atoms with E-state index >= 15 is 0 Å². The van der Waals surface area contributed by atoms with E-state index in [0.717, 1.165) is 13.0 Å². The molecule has 2 aliphatic rings. The minimum absolute atomic E-state index is 0.0511. The highest BCUT2D eigenvalue weighted by Crippen LogP contribution is 2.40. The van der Waals surface area contributed by atoms with Crippen LogP contribution in [-0.4, -0.2) is 25.5 Å². The molecule has 0 spiro atoms. The van der Waals surface area contributed by atoms with Crippen LogP contribution >= 0.6 is 0 Å². The number of hydrogen-bond acceptors (Lipinski definition) is 2. The molecular formula is C25H32N2. The lowest BCUT2D eigenvalue weighted by molar-refractivity contribution is 0.448. The summed E-state index contributed by atoms with van der Waals surface area (Å²) in [5, 5.41) is 3.69. The number of benzene rings is 1. The van der Waals surface area contributed by atoms with Crippen LogP contribution in [0, 0.1) is 12.3 Å². The number of nitrogens with one attached hydrogen (secondary N) is 1. The molecule has 0 fully saturated rings. The molecule has 3 rings (SSSR count). The Balaban J connectivity index is 2.24. The Hall–Kier alpha value is -2.32. The zero-order valence-electron chi connectivity index (χ0n) is 17.3. The van der Waals surface area contributed by atoms with Crippen LogP contribution < -0.4 is 5.32 Å². The van der Waals surface area contributed by atoms with Crippen LogP contribution in [0.25, 0.3) is 0 Å². The van der Waals surface area contributed by atoms with Crippen LogP contribution in [0.5, 0.6) is 0 Å². The molecule has 2 heteroatoms. The first kappa shape index (κ1) is 19.4. The van der Waals surface area contributed by atoms with Crippen molar-refractivity contribution >= 4 is 0 Å². The van der Waals surface area contributed by atoms with E-state index in [2.05, 4.69) is 118 Å². The molecular weight excluding hydrogens is 328 g/mol. The fourth-order valence-electron chi connectivity index (χ4n) is 3.86. The first-order chi connectivity index (χ1) is 12.9. The number of likely N-dealkylation sites (N-methyl/N-ethyl adjacent to an activating group) is 1. The molecule has 142 valence electrons. The average Bonchev–Trinajstić information content (AvgIpc) is 2.96. The maximum Gasteiger partial charge on any atom is 0.0959 e. The van der Waals surface area contributed by atoms with Gasteiger partial charge in [-0.2, -0.15) is 0 Å². The van der Waals surface area contributed by atoms with Gasteiger partial charge in [0.15, 0.2) is 0 Å². The Morgan fingerprint density at radius 3 is 2.48 bits per heavy atom. The van der Waals surface area contributed by atoms with Gasteiger partial charge in [0.25, 0.3) is 0 Å². The monoisotopic (exact) mass is 360 g/mol. The van der Waals surface area contributed by atoms with Crippen LogP contribution in [0.1, 0.15) is 31.4 Å². The molecule has 2 nitrogen and oxygen atoms in total. The summed E-state index contributed by atoms with van der Waals surface area (Å²) in [6.45, 7) is 7.65. The van der Waals surface area contributed by atoms with Gasteiger partial charge >= 0.3 is 0 Å². The van der Waals surface area contributed by atoms with Gasteiger partial charge in [0.2, 0.25) is 0 Å². The summed E-state index contributed by atoms with van der Waals surface area (Å²) >= 11 is 0. The highest BCUT2D eigenvalue weighted by molar-refractivity contribution is 5.55. The van der Waals surface area contributed by atoms with Gasteiger partial charge in [0.05, 0.1) is 5.54 Å². The molecule has 0 saturated heterocycles. The minimum atomic E-state index is -0.399. The summed E-state index contributed by atoms with van der Waals surface area (Å²) in [5.74, 6) is 0. The molecule has 0 amide bonds. The second-order valence-corrected chi connectivity index (χ2v) is 8.26. The van der Waals surface area contributed by atoms with Gasteiger partial charge in [-0.05, 0) is 37.1 Å². The Morgan fingerprint density at radius 2 is 1.78 bits per heavy atom. The van der Waals surface area contributed by atoms with Gasteiger partial charge in [0.1, 0.15) is 0 Å². The summed E-state index contributed by atoms with van der Waals surface area (Å²) in [7, 11) is 4.22. The fourth-order valence-corrected chi connectivity index (χ4v) is 3.86. The number of aryl methyl sites for hydroxylation is 1. The van der Waals surface area contributed by atoms with Crippen LogP contribution in [-0.2, 0) is 5.54 Å². The Bertz CT molecular complexity index is 818. The highest BCUT2D eigenvalue weighted by atomic mass is 15.1. The third-order valence-corrected chi connectivity index (χ3v) is 5.52. The molecule has 1 aliphatic heterocycles. The first-order valence-corrected chi connectivity index (χ1v) is 9.82. The van der Waals surface area contributed by atoms with Gasteiger partial charge < -0.3 is 10.2 Å². The quantitative estimate of drug-likeness (QED) is 0.787. The lowest BCUT2D eigenvalue weighted by Crippen LogP contribution is -2.43. The first-order valence-electron chi connectivity index (χ1n) is 9.82. The second kappa shape index (κ2) is 7.74. The summed E-state index contributed by atoms with van der Waals surface area (Å²) in [4.78, 5) is 2.29. The highest BCUT2D eigenvalue weighted by Gasteiger charge is 2.37. The van der Waals surface area contributed by atoms with Crippen molar-refractivity contribution in [2.24, 2.45) is 5.41 Å². The predicted molar refractivity (Wildman–Crippen MR) is 117 cm³/mol. The maximum atomic E-state index is 3.69. The topological polar surface area (TPSA) is 15.3 Å². The molecule has 1 heterocycles. The SMILES string of the molecule is CNC(C1=CC=CC(C)(C)C=C1)(C1=CN(C)CCC=C1)c1ccc(C)cc1. The van der Waals surface area contributed by atoms with Crippen LogP contribution in [0.4, 0.5) is 0 Å². The van der Waals surface area contributed by atoms with E-state index in [0.29, 0.717) is 0 Å².